The van der Waals surface area contributed by atoms with Crippen LogP contribution in [0.3, 0.4) is 0 Å². The zero-order valence-electron chi connectivity index (χ0n) is 26.7. The van der Waals surface area contributed by atoms with Gasteiger partial charge in [0, 0.05) is 0 Å². The number of nitrogens with one attached hydrogen (secondary N) is 2. The monoisotopic (exact) mass is 669 g/mol. The number of carbonyl (C=O) groups is 2. The summed E-state index contributed by atoms with van der Waals surface area (Å²) in [6, 6.07) is 29.1. The van der Waals surface area contributed by atoms with Gasteiger partial charge in [-0.2, -0.15) is 5.10 Å². The number of rotatable bonds is 14. The van der Waals surface area contributed by atoms with E-state index in [1.165, 1.54) is 7.11 Å². The first kappa shape index (κ1) is 38.3. The van der Waals surface area contributed by atoms with Crippen LogP contribution in [0.4, 0.5) is 0 Å². The molecule has 0 aliphatic heterocycles. The minimum atomic E-state index is -1.03. The fourth-order valence-electron chi connectivity index (χ4n) is 4.11. The van der Waals surface area contributed by atoms with Gasteiger partial charge in [-0.25, -0.2) is 0 Å². The summed E-state index contributed by atoms with van der Waals surface area (Å²) >= 11 is 5.43. The number of aromatic nitrogens is 3. The molecule has 4 aromatic rings. The van der Waals surface area contributed by atoms with Crippen LogP contribution in [-0.4, -0.2) is 52.5 Å². The second-order valence-corrected chi connectivity index (χ2v) is 11.5. The first-order chi connectivity index (χ1) is 21.6. The van der Waals surface area contributed by atoms with Gasteiger partial charge in [0.25, 0.3) is 0 Å². The van der Waals surface area contributed by atoms with Gasteiger partial charge >= 0.3 is 5.97 Å². The van der Waals surface area contributed by atoms with E-state index in [1.807, 2.05) is 95.6 Å². The smallest absolute Gasteiger partial charge is 0.310 e. The number of nitrogens with two attached hydrogens (primary N) is 1. The molecule has 46 heavy (non-hydrogen) atoms. The molecule has 3 aromatic carbocycles. The predicted molar refractivity (Wildman–Crippen MR) is 183 cm³/mol. The maximum Gasteiger partial charge on any atom is 0.310 e. The van der Waals surface area contributed by atoms with Crippen molar-refractivity contribution in [2.75, 3.05) is 20.3 Å². The van der Waals surface area contributed by atoms with Crippen molar-refractivity contribution in [3.05, 3.63) is 118 Å². The largest absolute Gasteiger partial charge is 0.469 e. The molecule has 1 heterocycles. The van der Waals surface area contributed by atoms with E-state index in [4.69, 9.17) is 27.4 Å². The molecule has 4 rings (SSSR count). The van der Waals surface area contributed by atoms with E-state index in [-0.39, 0.29) is 36.8 Å². The van der Waals surface area contributed by atoms with Gasteiger partial charge in [-0.15, -0.1) is 12.4 Å². The lowest BCUT2D eigenvalue weighted by Gasteiger charge is -2.24. The minimum Gasteiger partial charge on any atom is -0.469 e. The van der Waals surface area contributed by atoms with Crippen LogP contribution in [0.25, 0.3) is 0 Å². The fourth-order valence-corrected chi connectivity index (χ4v) is 4.31. The molecule has 0 fully saturated rings. The highest BCUT2D eigenvalue weighted by atomic mass is 35.5. The van der Waals surface area contributed by atoms with Crippen molar-refractivity contribution in [3.8, 4) is 0 Å². The molecular weight excluding hydrogens is 626 g/mol. The number of benzene rings is 3. The van der Waals surface area contributed by atoms with Crippen LogP contribution in [0.15, 0.2) is 91.0 Å². The lowest BCUT2D eigenvalue weighted by Crippen LogP contribution is -2.51. The van der Waals surface area contributed by atoms with Crippen LogP contribution in [0.1, 0.15) is 49.3 Å². The Morgan fingerprint density at radius 1 is 0.891 bits per heavy atom. The van der Waals surface area contributed by atoms with Crippen LogP contribution in [0.2, 0.25) is 0 Å². The summed E-state index contributed by atoms with van der Waals surface area (Å²) in [5, 5.41) is 10.2. The highest BCUT2D eigenvalue weighted by Crippen LogP contribution is 2.16. The summed E-state index contributed by atoms with van der Waals surface area (Å²) < 4.78 is 18.2. The minimum absolute atomic E-state index is 0. The van der Waals surface area contributed by atoms with E-state index < -0.39 is 11.6 Å². The molecule has 0 spiro atoms. The summed E-state index contributed by atoms with van der Waals surface area (Å²) in [5.74, 6) is -0.146. The molecule has 12 heteroatoms. The van der Waals surface area contributed by atoms with Crippen molar-refractivity contribution in [3.63, 3.8) is 0 Å². The normalized spacial score (nSPS) is 12.1. The average molecular weight is 670 g/mol. The predicted octanol–water partition coefficient (Wildman–Crippen LogP) is 5.53. The Morgan fingerprint density at radius 2 is 1.37 bits per heavy atom. The molecule has 1 aromatic heterocycles. The van der Waals surface area contributed by atoms with E-state index >= 15 is 0 Å². The molecule has 0 saturated heterocycles. The van der Waals surface area contributed by atoms with Crippen molar-refractivity contribution in [1.82, 2.24) is 20.1 Å². The molecule has 0 unspecified atom stereocenters. The van der Waals surface area contributed by atoms with Gasteiger partial charge in [-0.05, 0) is 49.7 Å². The standard InChI is InChI=1S/C22H27N5O2S.C12H16O3.ClH/c1-22(2,23)20(28)24-18(15-29-14-17-11-7-4-8-12-17)19-25-26-21(30)27(19)13-16-9-5-3-6-10-16;1-10(12(13)14-2)8-15-9-11-6-4-3-5-7-11;/h3-12,18H,13-15,23H2,1-2H3,(H,24,28)(H,26,30);3-7,10H,8-9H2,1-2H3;1H/t18-;10-;/m11./s1. The van der Waals surface area contributed by atoms with E-state index in [0.717, 1.165) is 16.7 Å². The third-order valence-corrected chi connectivity index (χ3v) is 6.96. The van der Waals surface area contributed by atoms with Gasteiger partial charge < -0.3 is 25.3 Å². The van der Waals surface area contributed by atoms with Crippen molar-refractivity contribution < 1.29 is 23.8 Å². The molecule has 1 amide bonds. The van der Waals surface area contributed by atoms with Gasteiger partial charge in [-0.3, -0.25) is 19.3 Å². The lowest BCUT2D eigenvalue weighted by molar-refractivity contribution is -0.147. The molecule has 0 saturated carbocycles. The number of hydrogen-bond acceptors (Lipinski definition) is 8. The molecule has 2 atom stereocenters. The number of aromatic amines is 1. The van der Waals surface area contributed by atoms with Gasteiger partial charge in [-0.1, -0.05) is 91.0 Å². The number of amides is 1. The number of esters is 1. The first-order valence-electron chi connectivity index (χ1n) is 14.7. The number of H-pyrrole nitrogens is 1. The Bertz CT molecular complexity index is 1510. The summed E-state index contributed by atoms with van der Waals surface area (Å²) in [6.07, 6.45) is 0. The number of ether oxygens (including phenoxy) is 3. The molecule has 4 N–H and O–H groups in total. The zero-order valence-corrected chi connectivity index (χ0v) is 28.3. The molecular formula is C34H44ClN5O5S. The van der Waals surface area contributed by atoms with Crippen LogP contribution >= 0.6 is 24.6 Å². The third-order valence-electron chi connectivity index (χ3n) is 6.65. The average Bonchev–Trinajstić information content (AvgIpc) is 3.40. The van der Waals surface area contributed by atoms with Crippen molar-refractivity contribution in [1.29, 1.82) is 0 Å². The Balaban J connectivity index is 0.000000389. The molecule has 0 aliphatic carbocycles. The maximum absolute atomic E-state index is 12.6. The second kappa shape index (κ2) is 19.6. The Labute approximate surface area is 282 Å². The topological polar surface area (TPSA) is 133 Å². The van der Waals surface area contributed by atoms with Gasteiger partial charge in [0.2, 0.25) is 5.91 Å². The number of methoxy groups -OCH3 is 1. The molecule has 0 radical (unpaired) electrons. The van der Waals surface area contributed by atoms with Crippen molar-refractivity contribution >= 4 is 36.5 Å². The van der Waals surface area contributed by atoms with E-state index in [2.05, 4.69) is 20.3 Å². The summed E-state index contributed by atoms with van der Waals surface area (Å²) in [5.41, 5.74) is 8.18. The summed E-state index contributed by atoms with van der Waals surface area (Å²) in [6.45, 7) is 7.20. The SMILES string of the molecule is CC(C)(N)C(=O)N[C@H](COCc1ccccc1)c1n[nH]c(=S)n1Cc1ccccc1.COC(=O)[C@H](C)COCc1ccccc1.Cl. The summed E-state index contributed by atoms with van der Waals surface area (Å²) in [7, 11) is 1.38. The second-order valence-electron chi connectivity index (χ2n) is 11.1. The van der Waals surface area contributed by atoms with E-state index in [1.54, 1.807) is 20.8 Å². The van der Waals surface area contributed by atoms with Crippen LogP contribution in [0.5, 0.6) is 0 Å². The zero-order chi connectivity index (χ0) is 32.7. The van der Waals surface area contributed by atoms with Gasteiger partial charge in [0.05, 0.1) is 51.5 Å². The molecule has 248 valence electrons. The van der Waals surface area contributed by atoms with Gasteiger partial charge in [0.15, 0.2) is 10.6 Å². The maximum atomic E-state index is 12.6. The van der Waals surface area contributed by atoms with Crippen molar-refractivity contribution in [2.45, 2.75) is 52.1 Å². The van der Waals surface area contributed by atoms with E-state index in [9.17, 15) is 9.59 Å². The van der Waals surface area contributed by atoms with E-state index in [0.29, 0.717) is 37.0 Å². The number of halogens is 1. The first-order valence-corrected chi connectivity index (χ1v) is 15.1. The third kappa shape index (κ3) is 12.9. The molecule has 10 nitrogen and oxygen atoms in total. The Kier molecular flexibility index (Phi) is 16.3. The number of hydrogen-bond donors (Lipinski definition) is 3. The van der Waals surface area contributed by atoms with Crippen LogP contribution in [0, 0.1) is 10.7 Å². The Hall–Kier alpha value is -3.87. The lowest BCUT2D eigenvalue weighted by atomic mass is 10.1. The highest BCUT2D eigenvalue weighted by Gasteiger charge is 2.28. The quantitative estimate of drug-likeness (QED) is 0.118. The number of nitrogens with zero attached hydrogens (tertiary/aromatic N) is 2. The van der Waals surface area contributed by atoms with Gasteiger partial charge in [0.1, 0.15) is 6.04 Å². The van der Waals surface area contributed by atoms with Crippen LogP contribution < -0.4 is 11.1 Å². The highest BCUT2D eigenvalue weighted by molar-refractivity contribution is 7.71. The molecule has 0 aliphatic rings. The van der Waals surface area contributed by atoms with Crippen LogP contribution in [-0.2, 0) is 43.6 Å². The summed E-state index contributed by atoms with van der Waals surface area (Å²) in [4.78, 5) is 23.6. The van der Waals surface area contributed by atoms with Crippen molar-refractivity contribution in [2.24, 2.45) is 11.7 Å². The molecule has 0 bridgehead atoms. The Morgan fingerprint density at radius 3 is 1.85 bits per heavy atom. The number of carbonyl (C=O) groups excluding carboxylic acids is 2. The fraction of sp³-hybridized carbons (Fsp3) is 0.353.